The highest BCUT2D eigenvalue weighted by Gasteiger charge is 2.18. The van der Waals surface area contributed by atoms with Crippen LogP contribution in [0.2, 0.25) is 4.47 Å². The maximum atomic E-state index is 11.2. The van der Waals surface area contributed by atoms with E-state index in [9.17, 15) is 9.90 Å². The molecule has 0 aliphatic carbocycles. The molecule has 3 heterocycles. The fourth-order valence-electron chi connectivity index (χ4n) is 1.84. The lowest BCUT2D eigenvalue weighted by atomic mass is 10.2. The molecule has 0 unspecified atom stereocenters. The quantitative estimate of drug-likeness (QED) is 0.559. The first-order valence-electron chi connectivity index (χ1n) is 5.76. The van der Waals surface area contributed by atoms with Crippen LogP contribution in [0.25, 0.3) is 10.2 Å². The van der Waals surface area contributed by atoms with E-state index in [1.807, 2.05) is 0 Å². The largest absolute Gasteiger partial charge is 0.477 e. The van der Waals surface area contributed by atoms with Crippen molar-refractivity contribution >= 4 is 62.2 Å². The average molecular weight is 358 g/mol. The predicted octanol–water partition coefficient (Wildman–Crippen LogP) is 4.10. The van der Waals surface area contributed by atoms with Crippen molar-refractivity contribution in [2.75, 3.05) is 0 Å². The Labute approximate surface area is 137 Å². The van der Waals surface area contributed by atoms with Crippen LogP contribution >= 0.6 is 46.0 Å². The molecule has 0 amide bonds. The van der Waals surface area contributed by atoms with Crippen LogP contribution in [0.1, 0.15) is 20.1 Å². The second-order valence-corrected chi connectivity index (χ2v) is 7.75. The number of nitrogens with zero attached hydrogens (tertiary/aromatic N) is 3. The van der Waals surface area contributed by atoms with Gasteiger partial charge >= 0.3 is 5.97 Å². The predicted molar refractivity (Wildman–Crippen MR) is 85.8 cm³/mol. The maximum absolute atomic E-state index is 11.2. The highest BCUT2D eigenvalue weighted by atomic mass is 35.5. The third-order valence-electron chi connectivity index (χ3n) is 2.76. The van der Waals surface area contributed by atoms with Crippen molar-refractivity contribution in [2.24, 2.45) is 0 Å². The normalized spacial score (nSPS) is 11.1. The Morgan fingerprint density at radius 2 is 2.19 bits per heavy atom. The fourth-order valence-corrected chi connectivity index (χ4v) is 4.95. The molecule has 0 bridgehead atoms. The summed E-state index contributed by atoms with van der Waals surface area (Å²) in [6, 6.07) is 0. The maximum Gasteiger partial charge on any atom is 0.346 e. The Balaban J connectivity index is 1.96. The van der Waals surface area contributed by atoms with Gasteiger partial charge in [0.15, 0.2) is 4.47 Å². The molecular formula is C12H8ClN3O2S3. The van der Waals surface area contributed by atoms with Gasteiger partial charge < -0.3 is 5.11 Å². The van der Waals surface area contributed by atoms with Gasteiger partial charge in [-0.25, -0.2) is 19.7 Å². The molecule has 0 saturated carbocycles. The number of rotatable bonds is 4. The molecule has 21 heavy (non-hydrogen) atoms. The van der Waals surface area contributed by atoms with Crippen molar-refractivity contribution in [3.63, 3.8) is 0 Å². The molecule has 5 nitrogen and oxygen atoms in total. The summed E-state index contributed by atoms with van der Waals surface area (Å²) < 4.78 is 0.512. The number of aryl methyl sites for hydroxylation is 1. The number of thiazole rings is 1. The molecule has 0 spiro atoms. The first-order chi connectivity index (χ1) is 10.1. The third kappa shape index (κ3) is 2.89. The van der Waals surface area contributed by atoms with Gasteiger partial charge in [-0.1, -0.05) is 23.4 Å². The first-order valence-corrected chi connectivity index (χ1v) is 8.76. The SMILES string of the molecule is Cc1c(C(=O)O)sc2ncnc(SCc3cnc(Cl)s3)c12. The zero-order chi connectivity index (χ0) is 15.0. The van der Waals surface area contributed by atoms with Crippen molar-refractivity contribution in [1.82, 2.24) is 15.0 Å². The smallest absolute Gasteiger partial charge is 0.346 e. The number of hydrogen-bond donors (Lipinski definition) is 1. The molecule has 3 aromatic rings. The molecule has 0 saturated heterocycles. The Morgan fingerprint density at radius 1 is 1.38 bits per heavy atom. The van der Waals surface area contributed by atoms with E-state index < -0.39 is 5.97 Å². The Bertz CT molecular complexity index is 830. The summed E-state index contributed by atoms with van der Waals surface area (Å²) in [7, 11) is 0. The molecule has 0 aliphatic rings. The lowest BCUT2D eigenvalue weighted by molar-refractivity contribution is 0.0701. The lowest BCUT2D eigenvalue weighted by Gasteiger charge is -2.01. The van der Waals surface area contributed by atoms with E-state index in [1.165, 1.54) is 40.8 Å². The van der Waals surface area contributed by atoms with Gasteiger partial charge in [0.2, 0.25) is 0 Å². The van der Waals surface area contributed by atoms with Crippen LogP contribution in [-0.4, -0.2) is 26.0 Å². The molecule has 0 radical (unpaired) electrons. The van der Waals surface area contributed by atoms with Crippen LogP contribution in [0.15, 0.2) is 17.6 Å². The van der Waals surface area contributed by atoms with Gasteiger partial charge in [0.25, 0.3) is 0 Å². The summed E-state index contributed by atoms with van der Waals surface area (Å²) >= 11 is 9.94. The van der Waals surface area contributed by atoms with Gasteiger partial charge in [-0.2, -0.15) is 0 Å². The van der Waals surface area contributed by atoms with Crippen LogP contribution in [0, 0.1) is 6.92 Å². The fraction of sp³-hybridized carbons (Fsp3) is 0.167. The minimum absolute atomic E-state index is 0.313. The number of thioether (sulfide) groups is 1. The van der Waals surface area contributed by atoms with Crippen LogP contribution in [-0.2, 0) is 5.75 Å². The lowest BCUT2D eigenvalue weighted by Crippen LogP contribution is -1.94. The molecule has 0 fully saturated rings. The Kier molecular flexibility index (Phi) is 4.12. The second-order valence-electron chi connectivity index (χ2n) is 4.09. The molecule has 108 valence electrons. The third-order valence-corrected chi connectivity index (χ3v) is 6.29. The Hall–Kier alpha value is -1.22. The number of hydrogen-bond acceptors (Lipinski definition) is 7. The molecule has 0 aliphatic heterocycles. The monoisotopic (exact) mass is 357 g/mol. The molecule has 0 atom stereocenters. The standard InChI is InChI=1S/C12H8ClN3O2S3/c1-5-7-9(19-3-6-2-14-12(13)20-6)15-4-16-10(7)21-8(5)11(17)18/h2,4H,3H2,1H3,(H,17,18). The minimum Gasteiger partial charge on any atom is -0.477 e. The highest BCUT2D eigenvalue weighted by molar-refractivity contribution is 7.98. The van der Waals surface area contributed by atoms with Crippen LogP contribution < -0.4 is 0 Å². The van der Waals surface area contributed by atoms with Gasteiger partial charge in [0.1, 0.15) is 21.1 Å². The zero-order valence-electron chi connectivity index (χ0n) is 10.7. The van der Waals surface area contributed by atoms with Crippen molar-refractivity contribution in [3.05, 3.63) is 32.3 Å². The van der Waals surface area contributed by atoms with E-state index in [2.05, 4.69) is 15.0 Å². The number of carbonyl (C=O) groups is 1. The van der Waals surface area contributed by atoms with Gasteiger partial charge in [0.05, 0.1) is 0 Å². The van der Waals surface area contributed by atoms with Crippen LogP contribution in [0.5, 0.6) is 0 Å². The van der Waals surface area contributed by atoms with E-state index in [1.54, 1.807) is 13.1 Å². The highest BCUT2D eigenvalue weighted by Crippen LogP contribution is 2.36. The number of aromatic carboxylic acids is 1. The summed E-state index contributed by atoms with van der Waals surface area (Å²) in [5.74, 6) is -0.241. The zero-order valence-corrected chi connectivity index (χ0v) is 13.9. The van der Waals surface area contributed by atoms with E-state index in [-0.39, 0.29) is 0 Å². The van der Waals surface area contributed by atoms with Crippen molar-refractivity contribution in [3.8, 4) is 0 Å². The number of aromatic nitrogens is 3. The minimum atomic E-state index is -0.930. The Morgan fingerprint density at radius 3 is 2.86 bits per heavy atom. The van der Waals surface area contributed by atoms with Crippen molar-refractivity contribution in [1.29, 1.82) is 0 Å². The van der Waals surface area contributed by atoms with Gasteiger partial charge in [0, 0.05) is 22.2 Å². The molecular weight excluding hydrogens is 350 g/mol. The topological polar surface area (TPSA) is 76.0 Å². The van der Waals surface area contributed by atoms with Gasteiger partial charge in [-0.05, 0) is 12.5 Å². The van der Waals surface area contributed by atoms with Gasteiger partial charge in [-0.15, -0.1) is 22.7 Å². The summed E-state index contributed by atoms with van der Waals surface area (Å²) in [6.45, 7) is 1.79. The molecule has 3 rings (SSSR count). The summed E-state index contributed by atoms with van der Waals surface area (Å²) in [6.07, 6.45) is 3.20. The number of carboxylic acids is 1. The first kappa shape index (κ1) is 14.7. The number of thiophene rings is 1. The number of halogens is 1. The number of fused-ring (bicyclic) bond motifs is 1. The molecule has 0 aromatic carbocycles. The van der Waals surface area contributed by atoms with Crippen LogP contribution in [0.4, 0.5) is 0 Å². The number of carboxylic acid groups (broad SMARTS) is 1. The van der Waals surface area contributed by atoms with Crippen molar-refractivity contribution in [2.45, 2.75) is 17.7 Å². The second kappa shape index (κ2) is 5.88. The summed E-state index contributed by atoms with van der Waals surface area (Å²) in [5.41, 5.74) is 0.716. The van der Waals surface area contributed by atoms with Crippen molar-refractivity contribution < 1.29 is 9.90 Å². The summed E-state index contributed by atoms with van der Waals surface area (Å²) in [5, 5.41) is 10.8. The van der Waals surface area contributed by atoms with E-state index >= 15 is 0 Å². The van der Waals surface area contributed by atoms with E-state index in [0.717, 1.165) is 15.3 Å². The van der Waals surface area contributed by atoms with E-state index in [0.29, 0.717) is 25.5 Å². The average Bonchev–Trinajstić information content (AvgIpc) is 3.01. The van der Waals surface area contributed by atoms with Gasteiger partial charge in [-0.3, -0.25) is 0 Å². The van der Waals surface area contributed by atoms with E-state index in [4.69, 9.17) is 11.6 Å². The molecule has 3 aromatic heterocycles. The van der Waals surface area contributed by atoms with Crippen LogP contribution in [0.3, 0.4) is 0 Å². The molecule has 9 heteroatoms. The molecule has 1 N–H and O–H groups in total. The summed E-state index contributed by atoms with van der Waals surface area (Å²) in [4.78, 5) is 25.7.